The van der Waals surface area contributed by atoms with Crippen molar-refractivity contribution in [2.75, 3.05) is 0 Å². The van der Waals surface area contributed by atoms with Crippen LogP contribution in [0.3, 0.4) is 0 Å². The molecule has 5 rings (SSSR count). The van der Waals surface area contributed by atoms with Gasteiger partial charge in [-0.25, -0.2) is 4.98 Å². The van der Waals surface area contributed by atoms with Crippen LogP contribution in [-0.4, -0.2) is 9.55 Å². The lowest BCUT2D eigenvalue weighted by molar-refractivity contribution is 0.482. The Morgan fingerprint density at radius 1 is 0.750 bits per heavy atom. The van der Waals surface area contributed by atoms with E-state index in [9.17, 15) is 0 Å². The summed E-state index contributed by atoms with van der Waals surface area (Å²) in [6.07, 6.45) is 2.82. The van der Waals surface area contributed by atoms with Crippen LogP contribution in [0.15, 0.2) is 91.1 Å². The van der Waals surface area contributed by atoms with E-state index in [2.05, 4.69) is 65.0 Å². The number of pyridine rings is 1. The summed E-state index contributed by atoms with van der Waals surface area (Å²) in [4.78, 5) is 4.58. The lowest BCUT2D eigenvalue weighted by Crippen LogP contribution is -1.96. The predicted octanol–water partition coefficient (Wildman–Crippen LogP) is 6.53. The van der Waals surface area contributed by atoms with Crippen molar-refractivity contribution in [2.45, 2.75) is 13.3 Å². The van der Waals surface area contributed by atoms with Crippen LogP contribution in [0.4, 0.5) is 0 Å². The van der Waals surface area contributed by atoms with Crippen molar-refractivity contribution in [3.05, 3.63) is 96.7 Å². The highest BCUT2D eigenvalue weighted by atomic mass is 16.5. The third-order valence-electron chi connectivity index (χ3n) is 5.07. The van der Waals surface area contributed by atoms with Gasteiger partial charge in [-0.3, -0.25) is 4.57 Å². The molecule has 0 aliphatic rings. The number of hydrogen-bond donors (Lipinski definition) is 0. The molecule has 28 heavy (non-hydrogen) atoms. The molecule has 0 fully saturated rings. The first-order chi connectivity index (χ1) is 13.8. The van der Waals surface area contributed by atoms with Crippen molar-refractivity contribution in [3.63, 3.8) is 0 Å². The maximum absolute atomic E-state index is 6.18. The van der Waals surface area contributed by atoms with Gasteiger partial charge in [0.1, 0.15) is 17.3 Å². The number of hydrogen-bond acceptors (Lipinski definition) is 2. The standard InChI is InChI=1S/C25H20N2O/c1-2-18-8-7-9-19(16-18)28-20-13-14-22-21-10-3-4-11-23(21)27(24(22)17-20)25-12-5-6-15-26-25/h3-17H,2H2,1H3. The molecule has 2 aromatic heterocycles. The van der Waals surface area contributed by atoms with Crippen LogP contribution in [0.25, 0.3) is 27.6 Å². The minimum atomic E-state index is 0.820. The predicted molar refractivity (Wildman–Crippen MR) is 114 cm³/mol. The number of benzene rings is 3. The van der Waals surface area contributed by atoms with Gasteiger partial charge in [0.2, 0.25) is 0 Å². The van der Waals surface area contributed by atoms with Gasteiger partial charge in [0, 0.05) is 23.0 Å². The second-order valence-electron chi connectivity index (χ2n) is 6.82. The molecule has 3 heteroatoms. The fourth-order valence-electron chi connectivity index (χ4n) is 3.71. The monoisotopic (exact) mass is 364 g/mol. The van der Waals surface area contributed by atoms with Crippen LogP contribution in [0.5, 0.6) is 11.5 Å². The summed E-state index contributed by atoms with van der Waals surface area (Å²) in [5.74, 6) is 2.58. The average molecular weight is 364 g/mol. The fourth-order valence-corrected chi connectivity index (χ4v) is 3.71. The maximum Gasteiger partial charge on any atom is 0.137 e. The van der Waals surface area contributed by atoms with Crippen LogP contribution >= 0.6 is 0 Å². The van der Waals surface area contributed by atoms with Gasteiger partial charge in [-0.15, -0.1) is 0 Å². The van der Waals surface area contributed by atoms with Gasteiger partial charge in [0.15, 0.2) is 0 Å². The van der Waals surface area contributed by atoms with Crippen LogP contribution in [-0.2, 0) is 6.42 Å². The van der Waals surface area contributed by atoms with Crippen molar-refractivity contribution in [3.8, 4) is 17.3 Å². The Hall–Kier alpha value is -3.59. The first-order valence-corrected chi connectivity index (χ1v) is 9.55. The SMILES string of the molecule is CCc1cccc(Oc2ccc3c4ccccc4n(-c4ccccn4)c3c2)c1. The molecule has 0 aliphatic heterocycles. The van der Waals surface area contributed by atoms with E-state index in [0.29, 0.717) is 0 Å². The van der Waals surface area contributed by atoms with Gasteiger partial charge in [0.25, 0.3) is 0 Å². The zero-order valence-electron chi connectivity index (χ0n) is 15.7. The molecule has 5 aromatic rings. The van der Waals surface area contributed by atoms with Gasteiger partial charge in [-0.1, -0.05) is 43.3 Å². The highest BCUT2D eigenvalue weighted by molar-refractivity contribution is 6.09. The summed E-state index contributed by atoms with van der Waals surface area (Å²) >= 11 is 0. The number of ether oxygens (including phenoxy) is 1. The number of fused-ring (bicyclic) bond motifs is 3. The van der Waals surface area contributed by atoms with Gasteiger partial charge >= 0.3 is 0 Å². The van der Waals surface area contributed by atoms with E-state index in [4.69, 9.17) is 4.74 Å². The number of nitrogens with zero attached hydrogens (tertiary/aromatic N) is 2. The fraction of sp³-hybridized carbons (Fsp3) is 0.0800. The number of rotatable bonds is 4. The molecule has 2 heterocycles. The Morgan fingerprint density at radius 2 is 1.57 bits per heavy atom. The van der Waals surface area contributed by atoms with E-state index in [1.807, 2.05) is 42.6 Å². The van der Waals surface area contributed by atoms with E-state index in [1.54, 1.807) is 0 Å². The van der Waals surface area contributed by atoms with Crippen LogP contribution in [0.1, 0.15) is 12.5 Å². The quantitative estimate of drug-likeness (QED) is 0.362. The highest BCUT2D eigenvalue weighted by Crippen LogP contribution is 2.34. The first kappa shape index (κ1) is 16.6. The maximum atomic E-state index is 6.18. The molecular weight excluding hydrogens is 344 g/mol. The zero-order valence-corrected chi connectivity index (χ0v) is 15.7. The van der Waals surface area contributed by atoms with E-state index < -0.39 is 0 Å². The van der Waals surface area contributed by atoms with Crippen LogP contribution in [0, 0.1) is 0 Å². The van der Waals surface area contributed by atoms with Gasteiger partial charge in [-0.2, -0.15) is 0 Å². The van der Waals surface area contributed by atoms with Crippen molar-refractivity contribution in [1.29, 1.82) is 0 Å². The summed E-state index contributed by atoms with van der Waals surface area (Å²) in [6.45, 7) is 2.15. The summed E-state index contributed by atoms with van der Waals surface area (Å²) in [7, 11) is 0. The lowest BCUT2D eigenvalue weighted by Gasteiger charge is -2.09. The van der Waals surface area contributed by atoms with Crippen molar-refractivity contribution < 1.29 is 4.74 Å². The van der Waals surface area contributed by atoms with E-state index >= 15 is 0 Å². The minimum Gasteiger partial charge on any atom is -0.457 e. The topological polar surface area (TPSA) is 27.1 Å². The summed E-state index contributed by atoms with van der Waals surface area (Å²) in [5, 5.41) is 2.40. The van der Waals surface area contributed by atoms with Crippen LogP contribution < -0.4 is 4.74 Å². The molecule has 0 saturated carbocycles. The van der Waals surface area contributed by atoms with E-state index in [-0.39, 0.29) is 0 Å². The molecule has 3 aromatic carbocycles. The lowest BCUT2D eigenvalue weighted by atomic mass is 10.1. The minimum absolute atomic E-state index is 0.820. The van der Waals surface area contributed by atoms with E-state index in [0.717, 1.165) is 34.8 Å². The Bertz CT molecular complexity index is 1270. The van der Waals surface area contributed by atoms with Gasteiger partial charge < -0.3 is 4.74 Å². The van der Waals surface area contributed by atoms with Crippen molar-refractivity contribution in [2.24, 2.45) is 0 Å². The summed E-state index contributed by atoms with van der Waals surface area (Å²) in [6, 6.07) is 28.9. The Balaban J connectivity index is 1.69. The van der Waals surface area contributed by atoms with Crippen molar-refractivity contribution >= 4 is 21.8 Å². The third kappa shape index (κ3) is 2.81. The molecule has 0 unspecified atom stereocenters. The van der Waals surface area contributed by atoms with E-state index in [1.165, 1.54) is 16.3 Å². The van der Waals surface area contributed by atoms with Gasteiger partial charge in [-0.05, 0) is 54.4 Å². The molecule has 3 nitrogen and oxygen atoms in total. The summed E-state index contributed by atoms with van der Waals surface area (Å²) in [5.41, 5.74) is 3.49. The highest BCUT2D eigenvalue weighted by Gasteiger charge is 2.13. The number of para-hydroxylation sites is 1. The number of aromatic nitrogens is 2. The Morgan fingerprint density at radius 3 is 2.43 bits per heavy atom. The number of aryl methyl sites for hydroxylation is 1. The molecule has 0 spiro atoms. The largest absolute Gasteiger partial charge is 0.457 e. The van der Waals surface area contributed by atoms with Crippen molar-refractivity contribution in [1.82, 2.24) is 9.55 Å². The second kappa shape index (κ2) is 6.86. The molecular formula is C25H20N2O. The molecule has 0 saturated heterocycles. The van der Waals surface area contributed by atoms with Crippen LogP contribution in [0.2, 0.25) is 0 Å². The Kier molecular flexibility index (Phi) is 4.06. The molecule has 0 bridgehead atoms. The smallest absolute Gasteiger partial charge is 0.137 e. The van der Waals surface area contributed by atoms with Gasteiger partial charge in [0.05, 0.1) is 11.0 Å². The third-order valence-corrected chi connectivity index (χ3v) is 5.07. The normalized spacial score (nSPS) is 11.2. The molecule has 0 atom stereocenters. The second-order valence-corrected chi connectivity index (χ2v) is 6.82. The molecule has 0 radical (unpaired) electrons. The first-order valence-electron chi connectivity index (χ1n) is 9.55. The zero-order chi connectivity index (χ0) is 18.9. The molecule has 0 aliphatic carbocycles. The molecule has 0 N–H and O–H groups in total. The average Bonchev–Trinajstić information content (AvgIpc) is 3.08. The summed E-state index contributed by atoms with van der Waals surface area (Å²) < 4.78 is 8.38. The molecule has 0 amide bonds. The Labute approximate surface area is 163 Å². The molecule has 136 valence electrons.